The number of thiazole rings is 1. The topological polar surface area (TPSA) is 92.7 Å². The standard InChI is InChI=1S/C27H27ClN4O4S2/c1-18-23(28)10-11-24-25(18)30-27(37-24)32(17-20-5-3-4-14-29-20)26(33)19-12-15-31(16-13-19)38(34,35)22-8-6-21(36-2)7-9-22/h3-11,14,19H,12-13,15-17H2,1-2H3. The fourth-order valence-corrected chi connectivity index (χ4v) is 7.21. The number of fused-ring (bicyclic) bond motifs is 1. The molecule has 0 radical (unpaired) electrons. The summed E-state index contributed by atoms with van der Waals surface area (Å²) in [5, 5.41) is 1.21. The highest BCUT2D eigenvalue weighted by Gasteiger charge is 2.35. The number of carbonyl (C=O) groups is 1. The van der Waals surface area contributed by atoms with Crippen LogP contribution in [0.4, 0.5) is 5.13 Å². The number of amides is 1. The molecule has 1 aliphatic rings. The second-order valence-electron chi connectivity index (χ2n) is 9.11. The van der Waals surface area contributed by atoms with E-state index in [0.717, 1.165) is 21.5 Å². The van der Waals surface area contributed by atoms with Crippen molar-refractivity contribution in [2.75, 3.05) is 25.1 Å². The molecular weight excluding hydrogens is 544 g/mol. The van der Waals surface area contributed by atoms with Crippen molar-refractivity contribution in [1.82, 2.24) is 14.3 Å². The Hall–Kier alpha value is -3.05. The lowest BCUT2D eigenvalue weighted by atomic mass is 9.96. The molecule has 8 nitrogen and oxygen atoms in total. The molecule has 0 spiro atoms. The van der Waals surface area contributed by atoms with Gasteiger partial charge in [0.15, 0.2) is 5.13 Å². The quantitative estimate of drug-likeness (QED) is 0.299. The number of piperidine rings is 1. The Balaban J connectivity index is 1.37. The molecule has 11 heteroatoms. The molecule has 198 valence electrons. The smallest absolute Gasteiger partial charge is 0.243 e. The predicted molar refractivity (Wildman–Crippen MR) is 149 cm³/mol. The van der Waals surface area contributed by atoms with Crippen molar-refractivity contribution in [2.45, 2.75) is 31.2 Å². The zero-order chi connectivity index (χ0) is 26.9. The summed E-state index contributed by atoms with van der Waals surface area (Å²) in [6, 6.07) is 15.7. The van der Waals surface area contributed by atoms with Crippen LogP contribution in [-0.4, -0.2) is 48.8 Å². The van der Waals surface area contributed by atoms with Crippen LogP contribution in [0.1, 0.15) is 24.1 Å². The maximum Gasteiger partial charge on any atom is 0.243 e. The van der Waals surface area contributed by atoms with Gasteiger partial charge in [0.05, 0.1) is 34.5 Å². The largest absolute Gasteiger partial charge is 0.497 e. The number of anilines is 1. The first kappa shape index (κ1) is 26.6. The molecule has 2 aromatic heterocycles. The van der Waals surface area contributed by atoms with Gasteiger partial charge in [0.25, 0.3) is 0 Å². The molecule has 0 saturated carbocycles. The molecule has 0 unspecified atom stereocenters. The highest BCUT2D eigenvalue weighted by Crippen LogP contribution is 2.36. The van der Waals surface area contributed by atoms with Gasteiger partial charge in [-0.2, -0.15) is 4.31 Å². The van der Waals surface area contributed by atoms with E-state index in [1.807, 2.05) is 37.3 Å². The van der Waals surface area contributed by atoms with Gasteiger partial charge in [0.2, 0.25) is 15.9 Å². The van der Waals surface area contributed by atoms with E-state index in [-0.39, 0.29) is 36.4 Å². The van der Waals surface area contributed by atoms with Gasteiger partial charge in [-0.15, -0.1) is 0 Å². The van der Waals surface area contributed by atoms with Crippen molar-refractivity contribution in [2.24, 2.45) is 5.92 Å². The Labute approximate surface area is 230 Å². The molecule has 0 N–H and O–H groups in total. The monoisotopic (exact) mass is 570 g/mol. The van der Waals surface area contributed by atoms with Crippen molar-refractivity contribution < 1.29 is 17.9 Å². The Morgan fingerprint density at radius 1 is 1.13 bits per heavy atom. The lowest BCUT2D eigenvalue weighted by Crippen LogP contribution is -2.44. The summed E-state index contributed by atoms with van der Waals surface area (Å²) in [4.78, 5) is 25.0. The number of ether oxygens (including phenoxy) is 1. The fourth-order valence-electron chi connectivity index (χ4n) is 4.56. The SMILES string of the molecule is COc1ccc(S(=O)(=O)N2CCC(C(=O)N(Cc3ccccn3)c3nc4c(C)c(Cl)ccc4s3)CC2)cc1. The van der Waals surface area contributed by atoms with Crippen molar-refractivity contribution >= 4 is 54.2 Å². The molecule has 2 aromatic carbocycles. The summed E-state index contributed by atoms with van der Waals surface area (Å²) in [5.74, 6) is 0.172. The zero-order valence-corrected chi connectivity index (χ0v) is 23.4. The molecular formula is C27H27ClN4O4S2. The van der Waals surface area contributed by atoms with E-state index >= 15 is 0 Å². The van der Waals surface area contributed by atoms with Crippen LogP contribution in [0.5, 0.6) is 5.75 Å². The Morgan fingerprint density at radius 2 is 1.87 bits per heavy atom. The van der Waals surface area contributed by atoms with E-state index in [9.17, 15) is 13.2 Å². The van der Waals surface area contributed by atoms with Gasteiger partial charge in [0.1, 0.15) is 5.75 Å². The first-order chi connectivity index (χ1) is 18.3. The van der Waals surface area contributed by atoms with Crippen molar-refractivity contribution in [3.63, 3.8) is 0 Å². The Morgan fingerprint density at radius 3 is 2.53 bits per heavy atom. The first-order valence-electron chi connectivity index (χ1n) is 12.2. The number of sulfonamides is 1. The number of aryl methyl sites for hydroxylation is 1. The van der Waals surface area contributed by atoms with Crippen LogP contribution in [0.25, 0.3) is 10.2 Å². The molecule has 0 atom stereocenters. The van der Waals surface area contributed by atoms with E-state index in [4.69, 9.17) is 21.3 Å². The Bertz CT molecular complexity index is 1550. The number of rotatable bonds is 7. The van der Waals surface area contributed by atoms with Crippen LogP contribution in [-0.2, 0) is 21.4 Å². The number of nitrogens with zero attached hydrogens (tertiary/aromatic N) is 4. The number of benzene rings is 2. The van der Waals surface area contributed by atoms with Crippen LogP contribution >= 0.6 is 22.9 Å². The minimum atomic E-state index is -3.66. The van der Waals surface area contributed by atoms with Crippen LogP contribution in [0.3, 0.4) is 0 Å². The lowest BCUT2D eigenvalue weighted by molar-refractivity contribution is -0.123. The molecule has 1 amide bonds. The third kappa shape index (κ3) is 5.26. The maximum absolute atomic E-state index is 13.9. The number of halogens is 1. The van der Waals surface area contributed by atoms with Gasteiger partial charge < -0.3 is 4.74 Å². The highest BCUT2D eigenvalue weighted by molar-refractivity contribution is 7.89. The number of hydrogen-bond acceptors (Lipinski definition) is 7. The van der Waals surface area contributed by atoms with Crippen LogP contribution in [0, 0.1) is 12.8 Å². The number of hydrogen-bond donors (Lipinski definition) is 0. The molecule has 0 bridgehead atoms. The van der Waals surface area contributed by atoms with E-state index in [0.29, 0.717) is 28.7 Å². The molecule has 5 rings (SSSR count). The van der Waals surface area contributed by atoms with Crippen molar-refractivity contribution in [3.05, 3.63) is 77.1 Å². The van der Waals surface area contributed by atoms with Gasteiger partial charge in [-0.3, -0.25) is 14.7 Å². The molecule has 3 heterocycles. The summed E-state index contributed by atoms with van der Waals surface area (Å²) in [5.41, 5.74) is 2.39. The molecule has 1 aliphatic heterocycles. The minimum absolute atomic E-state index is 0.0834. The summed E-state index contributed by atoms with van der Waals surface area (Å²) < 4.78 is 33.9. The minimum Gasteiger partial charge on any atom is -0.497 e. The van der Waals surface area contributed by atoms with E-state index in [2.05, 4.69) is 4.98 Å². The van der Waals surface area contributed by atoms with Gasteiger partial charge >= 0.3 is 0 Å². The Kier molecular flexibility index (Phi) is 7.67. The van der Waals surface area contributed by atoms with Crippen LogP contribution in [0.15, 0.2) is 65.7 Å². The van der Waals surface area contributed by atoms with Gasteiger partial charge in [-0.05, 0) is 73.9 Å². The number of carbonyl (C=O) groups excluding carboxylic acids is 1. The van der Waals surface area contributed by atoms with Crippen LogP contribution in [0.2, 0.25) is 5.02 Å². The van der Waals surface area contributed by atoms with E-state index in [1.165, 1.54) is 22.8 Å². The number of pyridine rings is 1. The van der Waals surface area contributed by atoms with E-state index < -0.39 is 10.0 Å². The van der Waals surface area contributed by atoms with Gasteiger partial charge in [0, 0.05) is 30.2 Å². The average Bonchev–Trinajstić information content (AvgIpc) is 3.39. The summed E-state index contributed by atoms with van der Waals surface area (Å²) in [7, 11) is -2.13. The van der Waals surface area contributed by atoms with Crippen molar-refractivity contribution in [3.8, 4) is 5.75 Å². The van der Waals surface area contributed by atoms with E-state index in [1.54, 1.807) is 35.4 Å². The summed E-state index contributed by atoms with van der Waals surface area (Å²) >= 11 is 7.75. The second-order valence-corrected chi connectivity index (χ2v) is 12.5. The maximum atomic E-state index is 13.9. The van der Waals surface area contributed by atoms with Crippen LogP contribution < -0.4 is 9.64 Å². The molecule has 0 aliphatic carbocycles. The number of aromatic nitrogens is 2. The predicted octanol–water partition coefficient (Wildman–Crippen LogP) is 5.30. The highest BCUT2D eigenvalue weighted by atomic mass is 35.5. The van der Waals surface area contributed by atoms with Crippen molar-refractivity contribution in [1.29, 1.82) is 0 Å². The number of methoxy groups -OCH3 is 1. The van der Waals surface area contributed by atoms with Gasteiger partial charge in [-0.25, -0.2) is 13.4 Å². The third-order valence-electron chi connectivity index (χ3n) is 6.78. The zero-order valence-electron chi connectivity index (χ0n) is 21.0. The fraction of sp³-hybridized carbons (Fsp3) is 0.296. The molecule has 1 saturated heterocycles. The average molecular weight is 571 g/mol. The van der Waals surface area contributed by atoms with Gasteiger partial charge in [-0.1, -0.05) is 29.0 Å². The first-order valence-corrected chi connectivity index (χ1v) is 14.8. The lowest BCUT2D eigenvalue weighted by Gasteiger charge is -2.33. The second kappa shape index (κ2) is 11.0. The third-order valence-corrected chi connectivity index (χ3v) is 10.1. The summed E-state index contributed by atoms with van der Waals surface area (Å²) in [6.45, 7) is 2.71. The molecule has 38 heavy (non-hydrogen) atoms. The normalized spacial score (nSPS) is 15.0. The molecule has 1 fully saturated rings. The molecule has 4 aromatic rings. The summed E-state index contributed by atoms with van der Waals surface area (Å²) in [6.07, 6.45) is 2.54.